The van der Waals surface area contributed by atoms with Crippen molar-refractivity contribution in [1.29, 1.82) is 0 Å². The van der Waals surface area contributed by atoms with Crippen LogP contribution in [0.1, 0.15) is 38.3 Å². The Morgan fingerprint density at radius 2 is 1.96 bits per heavy atom. The van der Waals surface area contributed by atoms with E-state index in [0.29, 0.717) is 12.4 Å². The van der Waals surface area contributed by atoms with E-state index in [2.05, 4.69) is 15.0 Å². The topological polar surface area (TPSA) is 74.3 Å². The Morgan fingerprint density at radius 3 is 2.54 bits per heavy atom. The van der Waals surface area contributed by atoms with Gasteiger partial charge in [-0.25, -0.2) is 22.5 Å². The van der Waals surface area contributed by atoms with Crippen LogP contribution in [-0.2, 0) is 10.0 Å². The van der Waals surface area contributed by atoms with Crippen LogP contribution >= 0.6 is 0 Å². The van der Waals surface area contributed by atoms with Gasteiger partial charge in [-0.3, -0.25) is 0 Å². The van der Waals surface area contributed by atoms with Gasteiger partial charge in [0.15, 0.2) is 0 Å². The SMILES string of the molecule is CCCC(C)NS(=O)(=O)c1ccc(NCC(c2cccc(F)c2)N(C)C)nc1. The number of likely N-dealkylation sites (N-methyl/N-ethyl adjacent to an activating group) is 1. The number of aromatic nitrogens is 1. The van der Waals surface area contributed by atoms with E-state index >= 15 is 0 Å². The highest BCUT2D eigenvalue weighted by Crippen LogP contribution is 2.20. The summed E-state index contributed by atoms with van der Waals surface area (Å²) in [6.45, 7) is 4.36. The van der Waals surface area contributed by atoms with Crippen molar-refractivity contribution >= 4 is 15.8 Å². The van der Waals surface area contributed by atoms with Crippen molar-refractivity contribution in [3.05, 3.63) is 54.0 Å². The van der Waals surface area contributed by atoms with Gasteiger partial charge in [-0.05, 0) is 57.3 Å². The van der Waals surface area contributed by atoms with Gasteiger partial charge in [0.1, 0.15) is 16.5 Å². The summed E-state index contributed by atoms with van der Waals surface area (Å²) in [5, 5.41) is 3.19. The second kappa shape index (κ2) is 9.95. The number of nitrogens with zero attached hydrogens (tertiary/aromatic N) is 2. The zero-order valence-electron chi connectivity index (χ0n) is 16.8. The highest BCUT2D eigenvalue weighted by molar-refractivity contribution is 7.89. The molecule has 0 aliphatic rings. The van der Waals surface area contributed by atoms with E-state index in [-0.39, 0.29) is 22.8 Å². The van der Waals surface area contributed by atoms with Gasteiger partial charge in [-0.15, -0.1) is 0 Å². The lowest BCUT2D eigenvalue weighted by Gasteiger charge is -2.25. The summed E-state index contributed by atoms with van der Waals surface area (Å²) >= 11 is 0. The third kappa shape index (κ3) is 6.25. The highest BCUT2D eigenvalue weighted by Gasteiger charge is 2.18. The van der Waals surface area contributed by atoms with Gasteiger partial charge in [0.25, 0.3) is 0 Å². The molecule has 2 unspecified atom stereocenters. The lowest BCUT2D eigenvalue weighted by molar-refractivity contribution is 0.311. The molecule has 28 heavy (non-hydrogen) atoms. The molecule has 154 valence electrons. The van der Waals surface area contributed by atoms with Crippen molar-refractivity contribution in [2.24, 2.45) is 0 Å². The number of nitrogens with one attached hydrogen (secondary N) is 2. The van der Waals surface area contributed by atoms with Crippen LogP contribution in [0.3, 0.4) is 0 Å². The van der Waals surface area contributed by atoms with E-state index in [9.17, 15) is 12.8 Å². The fourth-order valence-corrected chi connectivity index (χ4v) is 4.20. The van der Waals surface area contributed by atoms with Crippen LogP contribution < -0.4 is 10.0 Å². The number of rotatable bonds is 10. The summed E-state index contributed by atoms with van der Waals surface area (Å²) < 4.78 is 41.0. The van der Waals surface area contributed by atoms with Crippen molar-refractivity contribution in [2.45, 2.75) is 43.7 Å². The minimum Gasteiger partial charge on any atom is -0.368 e. The van der Waals surface area contributed by atoms with Crippen LogP contribution in [0.4, 0.5) is 10.2 Å². The van der Waals surface area contributed by atoms with Gasteiger partial charge in [0.05, 0.1) is 6.04 Å². The molecule has 1 aromatic carbocycles. The van der Waals surface area contributed by atoms with Gasteiger partial charge >= 0.3 is 0 Å². The fraction of sp³-hybridized carbons (Fsp3) is 0.450. The smallest absolute Gasteiger partial charge is 0.242 e. The zero-order chi connectivity index (χ0) is 20.7. The third-order valence-corrected chi connectivity index (χ3v) is 6.03. The second-order valence-electron chi connectivity index (χ2n) is 7.11. The lowest BCUT2D eigenvalue weighted by Crippen LogP contribution is -2.32. The maximum absolute atomic E-state index is 13.5. The Balaban J connectivity index is 2.05. The molecular formula is C20H29FN4O2S. The Kier molecular flexibility index (Phi) is 7.91. The Hall–Kier alpha value is -2.03. The molecule has 1 aromatic heterocycles. The van der Waals surface area contributed by atoms with E-state index in [0.717, 1.165) is 18.4 Å². The van der Waals surface area contributed by atoms with Crippen molar-refractivity contribution in [3.8, 4) is 0 Å². The molecular weight excluding hydrogens is 379 g/mol. The second-order valence-corrected chi connectivity index (χ2v) is 8.82. The molecule has 0 radical (unpaired) electrons. The summed E-state index contributed by atoms with van der Waals surface area (Å²) in [7, 11) is 0.259. The van der Waals surface area contributed by atoms with Gasteiger partial charge in [-0.2, -0.15) is 0 Å². The molecule has 0 aliphatic carbocycles. The van der Waals surface area contributed by atoms with Crippen LogP contribution in [0, 0.1) is 5.82 Å². The van der Waals surface area contributed by atoms with Crippen LogP contribution in [0.25, 0.3) is 0 Å². The minimum atomic E-state index is -3.58. The van der Waals surface area contributed by atoms with Crippen molar-refractivity contribution in [2.75, 3.05) is 26.0 Å². The predicted octanol–water partition coefficient (Wildman–Crippen LogP) is 3.40. The van der Waals surface area contributed by atoms with Crippen LogP contribution in [0.15, 0.2) is 47.5 Å². The molecule has 2 aromatic rings. The number of anilines is 1. The molecule has 0 saturated heterocycles. The van der Waals surface area contributed by atoms with E-state index in [4.69, 9.17) is 0 Å². The first kappa shape index (κ1) is 22.3. The first-order chi connectivity index (χ1) is 13.2. The molecule has 2 N–H and O–H groups in total. The lowest BCUT2D eigenvalue weighted by atomic mass is 10.1. The zero-order valence-corrected chi connectivity index (χ0v) is 17.6. The van der Waals surface area contributed by atoms with Gasteiger partial charge in [-0.1, -0.05) is 25.5 Å². The molecule has 8 heteroatoms. The summed E-state index contributed by atoms with van der Waals surface area (Å²) in [6, 6.07) is 9.48. The van der Waals surface area contributed by atoms with Crippen molar-refractivity contribution in [1.82, 2.24) is 14.6 Å². The van der Waals surface area contributed by atoms with Crippen LogP contribution in [-0.4, -0.2) is 45.0 Å². The monoisotopic (exact) mass is 408 g/mol. The van der Waals surface area contributed by atoms with E-state index in [1.165, 1.54) is 24.4 Å². The fourth-order valence-electron chi connectivity index (χ4n) is 2.98. The van der Waals surface area contributed by atoms with Crippen LogP contribution in [0.5, 0.6) is 0 Å². The third-order valence-electron chi connectivity index (χ3n) is 4.46. The molecule has 2 atom stereocenters. The standard InChI is InChI=1S/C20H29FN4O2S/c1-5-7-15(2)24-28(26,27)18-10-11-20(22-13-18)23-14-19(25(3)4)16-8-6-9-17(21)12-16/h6,8-13,15,19,24H,5,7,14H2,1-4H3,(H,22,23). The molecule has 6 nitrogen and oxygen atoms in total. The van der Waals surface area contributed by atoms with E-state index < -0.39 is 10.0 Å². The normalized spacial score (nSPS) is 14.1. The molecule has 0 spiro atoms. The van der Waals surface area contributed by atoms with Crippen molar-refractivity contribution in [3.63, 3.8) is 0 Å². The summed E-state index contributed by atoms with van der Waals surface area (Å²) in [5.74, 6) is 0.283. The molecule has 0 amide bonds. The maximum Gasteiger partial charge on any atom is 0.242 e. The highest BCUT2D eigenvalue weighted by atomic mass is 32.2. The number of sulfonamides is 1. The Morgan fingerprint density at radius 1 is 1.21 bits per heavy atom. The van der Waals surface area contributed by atoms with Gasteiger partial charge < -0.3 is 10.2 Å². The quantitative estimate of drug-likeness (QED) is 0.630. The number of hydrogen-bond donors (Lipinski definition) is 2. The van der Waals surface area contributed by atoms with Crippen molar-refractivity contribution < 1.29 is 12.8 Å². The molecule has 0 aliphatic heterocycles. The number of benzene rings is 1. The number of pyridine rings is 1. The molecule has 1 heterocycles. The molecule has 0 fully saturated rings. The van der Waals surface area contributed by atoms with Gasteiger partial charge in [0.2, 0.25) is 10.0 Å². The number of halogens is 1. The molecule has 0 bridgehead atoms. The van der Waals surface area contributed by atoms with E-state index in [1.54, 1.807) is 12.1 Å². The average molecular weight is 409 g/mol. The Bertz CT molecular complexity index is 857. The summed E-state index contributed by atoms with van der Waals surface area (Å²) in [4.78, 5) is 6.34. The predicted molar refractivity (Wildman–Crippen MR) is 110 cm³/mol. The van der Waals surface area contributed by atoms with Gasteiger partial charge in [0, 0.05) is 18.8 Å². The minimum absolute atomic E-state index is 0.0579. The largest absolute Gasteiger partial charge is 0.368 e. The molecule has 2 rings (SSSR count). The van der Waals surface area contributed by atoms with Crippen LogP contribution in [0.2, 0.25) is 0 Å². The summed E-state index contributed by atoms with van der Waals surface area (Å²) in [5.41, 5.74) is 0.853. The maximum atomic E-state index is 13.5. The first-order valence-electron chi connectivity index (χ1n) is 9.37. The Labute approximate surface area is 167 Å². The number of hydrogen-bond acceptors (Lipinski definition) is 5. The molecule has 0 saturated carbocycles. The van der Waals surface area contributed by atoms with E-state index in [1.807, 2.05) is 38.9 Å². The first-order valence-corrected chi connectivity index (χ1v) is 10.9. The average Bonchev–Trinajstić information content (AvgIpc) is 2.62. The summed E-state index contributed by atoms with van der Waals surface area (Å²) in [6.07, 6.45) is 3.03.